The first kappa shape index (κ1) is 14.0. The number of hydrogen-bond donors (Lipinski definition) is 2. The Labute approximate surface area is 124 Å². The van der Waals surface area contributed by atoms with Gasteiger partial charge in [-0.05, 0) is 36.1 Å². The lowest BCUT2D eigenvalue weighted by molar-refractivity contribution is -0.135. The average molecular weight is 300 g/mol. The van der Waals surface area contributed by atoms with Gasteiger partial charge >= 0.3 is 5.97 Å². The maximum absolute atomic E-state index is 12.5. The second-order valence-electron chi connectivity index (χ2n) is 5.10. The molecule has 1 aromatic carbocycles. The zero-order valence-electron chi connectivity index (χ0n) is 11.4. The highest BCUT2D eigenvalue weighted by atomic mass is 16.4. The molecular formula is C15H12N2O5. The molecule has 0 aliphatic carbocycles. The van der Waals surface area contributed by atoms with Gasteiger partial charge in [-0.3, -0.25) is 19.7 Å². The monoisotopic (exact) mass is 300 g/mol. The van der Waals surface area contributed by atoms with Crippen LogP contribution >= 0.6 is 0 Å². The number of carbonyl (C=O) groups is 3. The van der Waals surface area contributed by atoms with E-state index in [4.69, 9.17) is 5.11 Å². The van der Waals surface area contributed by atoms with Crippen LogP contribution in [0.5, 0.6) is 0 Å². The summed E-state index contributed by atoms with van der Waals surface area (Å²) in [5.74, 6) is -1.92. The predicted octanol–water partition coefficient (Wildman–Crippen LogP) is 0.677. The van der Waals surface area contributed by atoms with Crippen molar-refractivity contribution in [3.8, 4) is 0 Å². The number of piperidine rings is 1. The number of aromatic nitrogens is 1. The predicted molar refractivity (Wildman–Crippen MR) is 76.6 cm³/mol. The van der Waals surface area contributed by atoms with E-state index in [1.54, 1.807) is 6.07 Å². The lowest BCUT2D eigenvalue weighted by Gasteiger charge is -2.23. The van der Waals surface area contributed by atoms with Crippen molar-refractivity contribution in [1.29, 1.82) is 0 Å². The van der Waals surface area contributed by atoms with Crippen molar-refractivity contribution in [3.63, 3.8) is 0 Å². The number of pyridine rings is 1. The van der Waals surface area contributed by atoms with Crippen LogP contribution in [0.15, 0.2) is 35.3 Å². The minimum atomic E-state index is -1.07. The number of rotatable bonds is 2. The quantitative estimate of drug-likeness (QED) is 0.793. The number of fused-ring (bicyclic) bond motifs is 1. The van der Waals surface area contributed by atoms with Crippen LogP contribution in [0.3, 0.4) is 0 Å². The Morgan fingerprint density at radius 1 is 1.23 bits per heavy atom. The van der Waals surface area contributed by atoms with Crippen LogP contribution < -0.4 is 10.9 Å². The first-order chi connectivity index (χ1) is 10.5. The Hall–Kier alpha value is -2.96. The maximum atomic E-state index is 12.5. The van der Waals surface area contributed by atoms with E-state index >= 15 is 0 Å². The summed E-state index contributed by atoms with van der Waals surface area (Å²) in [5, 5.41) is 12.0. The van der Waals surface area contributed by atoms with E-state index in [-0.39, 0.29) is 29.9 Å². The summed E-state index contributed by atoms with van der Waals surface area (Å²) in [4.78, 5) is 46.5. The molecule has 0 radical (unpaired) electrons. The zero-order valence-corrected chi connectivity index (χ0v) is 11.4. The van der Waals surface area contributed by atoms with Crippen LogP contribution in [-0.2, 0) is 9.59 Å². The van der Waals surface area contributed by atoms with Gasteiger partial charge in [-0.15, -0.1) is 0 Å². The second-order valence-corrected chi connectivity index (χ2v) is 5.10. The van der Waals surface area contributed by atoms with E-state index in [2.05, 4.69) is 5.32 Å². The molecule has 7 nitrogen and oxygen atoms in total. The summed E-state index contributed by atoms with van der Waals surface area (Å²) >= 11 is 0. The molecule has 3 rings (SSSR count). The first-order valence-electron chi connectivity index (χ1n) is 6.69. The van der Waals surface area contributed by atoms with Gasteiger partial charge in [0.1, 0.15) is 6.04 Å². The number of carboxylic acid groups (broad SMARTS) is 1. The second kappa shape index (κ2) is 5.10. The Bertz CT molecular complexity index is 868. The molecule has 1 aliphatic heterocycles. The summed E-state index contributed by atoms with van der Waals surface area (Å²) in [6, 6.07) is 5.05. The number of benzene rings is 1. The Morgan fingerprint density at radius 2 is 2.00 bits per heavy atom. The van der Waals surface area contributed by atoms with Crippen molar-refractivity contribution in [2.75, 3.05) is 0 Å². The van der Waals surface area contributed by atoms with Gasteiger partial charge in [0.05, 0.1) is 5.56 Å². The molecule has 1 aliphatic rings. The topological polar surface area (TPSA) is 105 Å². The SMILES string of the molecule is O=C1CCC(n2ccc3cc(C(=O)O)ccc3c2=O)C(=O)N1. The molecule has 1 saturated heterocycles. The van der Waals surface area contributed by atoms with Crippen LogP contribution in [0.25, 0.3) is 10.8 Å². The highest BCUT2D eigenvalue weighted by molar-refractivity contribution is 5.99. The normalized spacial score (nSPS) is 18.3. The summed E-state index contributed by atoms with van der Waals surface area (Å²) < 4.78 is 1.28. The molecule has 2 amide bonds. The lowest BCUT2D eigenvalue weighted by atomic mass is 10.0. The molecule has 2 aromatic rings. The summed E-state index contributed by atoms with van der Waals surface area (Å²) in [6.45, 7) is 0. The van der Waals surface area contributed by atoms with E-state index in [1.807, 2.05) is 0 Å². The molecule has 2 N–H and O–H groups in total. The van der Waals surface area contributed by atoms with Crippen LogP contribution in [0.1, 0.15) is 29.2 Å². The van der Waals surface area contributed by atoms with Gasteiger partial charge in [-0.2, -0.15) is 0 Å². The molecule has 1 aromatic heterocycles. The molecule has 7 heteroatoms. The standard InChI is InChI=1S/C15H12N2O5/c18-12-4-3-11(13(19)16-12)17-6-5-8-7-9(15(21)22)1-2-10(8)14(17)20/h1-2,5-7,11H,3-4H2,(H,21,22)(H,16,18,19). The van der Waals surface area contributed by atoms with Gasteiger partial charge in [0.2, 0.25) is 11.8 Å². The van der Waals surface area contributed by atoms with Gasteiger partial charge in [0.15, 0.2) is 0 Å². The number of nitrogens with one attached hydrogen (secondary N) is 1. The fraction of sp³-hybridized carbons (Fsp3) is 0.200. The van der Waals surface area contributed by atoms with Gasteiger partial charge in [-0.1, -0.05) is 0 Å². The number of imide groups is 1. The van der Waals surface area contributed by atoms with Crippen molar-refractivity contribution >= 4 is 28.6 Å². The van der Waals surface area contributed by atoms with Crippen LogP contribution in [0, 0.1) is 0 Å². The lowest BCUT2D eigenvalue weighted by Crippen LogP contribution is -2.44. The van der Waals surface area contributed by atoms with Gasteiger partial charge < -0.3 is 9.67 Å². The highest BCUT2D eigenvalue weighted by Gasteiger charge is 2.28. The van der Waals surface area contributed by atoms with Crippen LogP contribution in [0.4, 0.5) is 0 Å². The molecule has 1 fully saturated rings. The van der Waals surface area contributed by atoms with Crippen molar-refractivity contribution in [2.45, 2.75) is 18.9 Å². The maximum Gasteiger partial charge on any atom is 0.335 e. The minimum absolute atomic E-state index is 0.0886. The molecule has 0 saturated carbocycles. The number of amides is 2. The number of carbonyl (C=O) groups excluding carboxylic acids is 2. The number of hydrogen-bond acceptors (Lipinski definition) is 4. The van der Waals surface area contributed by atoms with Crippen molar-refractivity contribution in [1.82, 2.24) is 9.88 Å². The summed E-state index contributed by atoms with van der Waals surface area (Å²) in [7, 11) is 0. The largest absolute Gasteiger partial charge is 0.478 e. The van der Waals surface area contributed by atoms with Crippen molar-refractivity contribution in [3.05, 3.63) is 46.4 Å². The third kappa shape index (κ3) is 2.26. The smallest absolute Gasteiger partial charge is 0.335 e. The number of carboxylic acids is 1. The number of aromatic carboxylic acids is 1. The molecule has 2 heterocycles. The van der Waals surface area contributed by atoms with E-state index in [9.17, 15) is 19.2 Å². The highest BCUT2D eigenvalue weighted by Crippen LogP contribution is 2.19. The molecule has 0 bridgehead atoms. The molecular weight excluding hydrogens is 288 g/mol. The molecule has 112 valence electrons. The van der Waals surface area contributed by atoms with E-state index in [0.29, 0.717) is 10.8 Å². The first-order valence-corrected chi connectivity index (χ1v) is 6.69. The fourth-order valence-electron chi connectivity index (χ4n) is 2.59. The molecule has 1 atom stereocenters. The summed E-state index contributed by atoms with van der Waals surface area (Å²) in [5.41, 5.74) is -0.297. The van der Waals surface area contributed by atoms with Gasteiger partial charge in [0.25, 0.3) is 5.56 Å². The third-order valence-electron chi connectivity index (χ3n) is 3.72. The Kier molecular flexibility index (Phi) is 3.25. The van der Waals surface area contributed by atoms with Crippen molar-refractivity contribution in [2.24, 2.45) is 0 Å². The fourth-order valence-corrected chi connectivity index (χ4v) is 2.59. The van der Waals surface area contributed by atoms with E-state index in [0.717, 1.165) is 0 Å². The average Bonchev–Trinajstić information content (AvgIpc) is 2.48. The summed E-state index contributed by atoms with van der Waals surface area (Å²) in [6.07, 6.45) is 1.90. The Morgan fingerprint density at radius 3 is 2.68 bits per heavy atom. The molecule has 22 heavy (non-hydrogen) atoms. The third-order valence-corrected chi connectivity index (χ3v) is 3.72. The molecule has 0 spiro atoms. The van der Waals surface area contributed by atoms with Crippen molar-refractivity contribution < 1.29 is 19.5 Å². The van der Waals surface area contributed by atoms with Gasteiger partial charge in [-0.25, -0.2) is 4.79 Å². The zero-order chi connectivity index (χ0) is 15.9. The molecule has 1 unspecified atom stereocenters. The van der Waals surface area contributed by atoms with E-state index in [1.165, 1.54) is 29.0 Å². The van der Waals surface area contributed by atoms with E-state index < -0.39 is 17.9 Å². The van der Waals surface area contributed by atoms with Gasteiger partial charge in [0, 0.05) is 18.0 Å². The van der Waals surface area contributed by atoms with Crippen LogP contribution in [0.2, 0.25) is 0 Å². The number of nitrogens with zero attached hydrogens (tertiary/aromatic N) is 1. The minimum Gasteiger partial charge on any atom is -0.478 e. The van der Waals surface area contributed by atoms with Crippen LogP contribution in [-0.4, -0.2) is 27.5 Å². The Balaban J connectivity index is 2.09.